The van der Waals surface area contributed by atoms with E-state index in [-0.39, 0.29) is 0 Å². The Labute approximate surface area is 153 Å². The minimum atomic E-state index is 0.753. The molecule has 0 aromatic carbocycles. The van der Waals surface area contributed by atoms with Gasteiger partial charge < -0.3 is 10.2 Å². The normalized spacial score (nSPS) is 15.2. The average molecular weight is 348 g/mol. The number of piperidine rings is 1. The fourth-order valence-electron chi connectivity index (χ4n) is 3.20. The topological polar surface area (TPSA) is 58.9 Å². The van der Waals surface area contributed by atoms with Gasteiger partial charge in [0.25, 0.3) is 0 Å². The van der Waals surface area contributed by atoms with Crippen LogP contribution in [0.4, 0.5) is 17.3 Å². The van der Waals surface area contributed by atoms with Gasteiger partial charge in [-0.25, -0.2) is 14.6 Å². The van der Waals surface area contributed by atoms with E-state index in [0.29, 0.717) is 0 Å². The van der Waals surface area contributed by atoms with Gasteiger partial charge in [-0.1, -0.05) is 13.0 Å². The van der Waals surface area contributed by atoms with Crippen LogP contribution < -0.4 is 10.2 Å². The Bertz CT molecular complexity index is 862. The molecule has 3 aromatic rings. The van der Waals surface area contributed by atoms with Crippen molar-refractivity contribution < 1.29 is 0 Å². The second kappa shape index (κ2) is 7.15. The fourth-order valence-corrected chi connectivity index (χ4v) is 3.20. The van der Waals surface area contributed by atoms with Crippen molar-refractivity contribution >= 4 is 17.3 Å². The predicted molar refractivity (Wildman–Crippen MR) is 104 cm³/mol. The monoisotopic (exact) mass is 348 g/mol. The maximum Gasteiger partial charge on any atom is 0.155 e. The molecule has 0 radical (unpaired) electrons. The number of hydrogen-bond donors (Lipinski definition) is 1. The van der Waals surface area contributed by atoms with Gasteiger partial charge >= 0.3 is 0 Å². The number of nitrogens with one attached hydrogen (secondary N) is 1. The molecule has 1 aliphatic rings. The molecule has 0 atom stereocenters. The van der Waals surface area contributed by atoms with Gasteiger partial charge in [0.2, 0.25) is 0 Å². The lowest BCUT2D eigenvalue weighted by Crippen LogP contribution is -2.32. The molecule has 1 N–H and O–H groups in total. The highest BCUT2D eigenvalue weighted by atomic mass is 15.3. The van der Waals surface area contributed by atoms with Gasteiger partial charge in [0.1, 0.15) is 11.6 Å². The molecule has 0 aliphatic carbocycles. The summed E-state index contributed by atoms with van der Waals surface area (Å²) in [6, 6.07) is 9.98. The quantitative estimate of drug-likeness (QED) is 0.773. The minimum absolute atomic E-state index is 0.753. The summed E-state index contributed by atoms with van der Waals surface area (Å²) in [5, 5.41) is 7.58. The second-order valence-electron chi connectivity index (χ2n) is 7.04. The molecule has 1 saturated heterocycles. The van der Waals surface area contributed by atoms with Gasteiger partial charge in [-0.05, 0) is 55.5 Å². The van der Waals surface area contributed by atoms with Crippen molar-refractivity contribution in [3.63, 3.8) is 0 Å². The maximum absolute atomic E-state index is 4.61. The summed E-state index contributed by atoms with van der Waals surface area (Å²) in [7, 11) is 0. The van der Waals surface area contributed by atoms with Crippen molar-refractivity contribution in [2.45, 2.75) is 26.7 Å². The largest absolute Gasteiger partial charge is 0.370 e. The SMILES string of the molecule is Cc1cnn(-c2cccc(Nc3ccc(N4CCC(C)CC4)cn3)n2)c1. The highest BCUT2D eigenvalue weighted by Crippen LogP contribution is 2.23. The molecule has 6 heteroatoms. The van der Waals surface area contributed by atoms with Crippen LogP contribution in [0.25, 0.3) is 5.82 Å². The van der Waals surface area contributed by atoms with Gasteiger partial charge in [0.05, 0.1) is 18.1 Å². The Morgan fingerprint density at radius 1 is 1.04 bits per heavy atom. The third-order valence-electron chi connectivity index (χ3n) is 4.83. The van der Waals surface area contributed by atoms with Crippen molar-refractivity contribution in [1.82, 2.24) is 19.7 Å². The van der Waals surface area contributed by atoms with E-state index in [0.717, 1.165) is 42.0 Å². The van der Waals surface area contributed by atoms with Crippen molar-refractivity contribution in [3.8, 4) is 5.82 Å². The molecule has 4 heterocycles. The predicted octanol–water partition coefficient (Wildman–Crippen LogP) is 3.95. The van der Waals surface area contributed by atoms with Crippen LogP contribution in [0.2, 0.25) is 0 Å². The standard InChI is InChI=1S/C20H24N6/c1-15-8-10-25(11-9-15)17-6-7-18(21-13-17)23-19-4-3-5-20(24-19)26-14-16(2)12-22-26/h3-7,12-15H,8-11H2,1-2H3,(H,21,23,24). The highest BCUT2D eigenvalue weighted by molar-refractivity contribution is 5.56. The zero-order valence-corrected chi connectivity index (χ0v) is 15.3. The summed E-state index contributed by atoms with van der Waals surface area (Å²) in [5.41, 5.74) is 2.30. The summed E-state index contributed by atoms with van der Waals surface area (Å²) < 4.78 is 1.77. The van der Waals surface area contributed by atoms with Crippen LogP contribution in [0.1, 0.15) is 25.3 Å². The summed E-state index contributed by atoms with van der Waals surface area (Å²) in [6.45, 7) is 6.57. The molecule has 3 aromatic heterocycles. The Balaban J connectivity index is 1.46. The molecule has 0 spiro atoms. The van der Waals surface area contributed by atoms with E-state index in [9.17, 15) is 0 Å². The molecular weight excluding hydrogens is 324 g/mol. The Hall–Kier alpha value is -2.89. The smallest absolute Gasteiger partial charge is 0.155 e. The van der Waals surface area contributed by atoms with Gasteiger partial charge in [-0.15, -0.1) is 0 Å². The number of hydrogen-bond acceptors (Lipinski definition) is 5. The molecule has 26 heavy (non-hydrogen) atoms. The van der Waals surface area contributed by atoms with E-state index < -0.39 is 0 Å². The van der Waals surface area contributed by atoms with Crippen LogP contribution in [-0.4, -0.2) is 32.8 Å². The number of rotatable bonds is 4. The number of pyridine rings is 2. The van der Waals surface area contributed by atoms with Crippen LogP contribution in [0, 0.1) is 12.8 Å². The lowest BCUT2D eigenvalue weighted by atomic mass is 9.99. The van der Waals surface area contributed by atoms with Gasteiger partial charge in [0, 0.05) is 19.3 Å². The van der Waals surface area contributed by atoms with Crippen molar-refractivity contribution in [2.75, 3.05) is 23.3 Å². The summed E-state index contributed by atoms with van der Waals surface area (Å²) >= 11 is 0. The van der Waals surface area contributed by atoms with Crippen LogP contribution in [0.3, 0.4) is 0 Å². The first kappa shape index (κ1) is 16.6. The molecule has 1 aliphatic heterocycles. The van der Waals surface area contributed by atoms with E-state index in [4.69, 9.17) is 0 Å². The first-order chi connectivity index (χ1) is 12.7. The first-order valence-electron chi connectivity index (χ1n) is 9.14. The van der Waals surface area contributed by atoms with E-state index in [2.05, 4.69) is 38.3 Å². The van der Waals surface area contributed by atoms with Crippen LogP contribution in [0.5, 0.6) is 0 Å². The zero-order valence-electron chi connectivity index (χ0n) is 15.3. The molecule has 6 nitrogen and oxygen atoms in total. The number of nitrogens with zero attached hydrogens (tertiary/aromatic N) is 5. The maximum atomic E-state index is 4.61. The van der Waals surface area contributed by atoms with Crippen molar-refractivity contribution in [3.05, 3.63) is 54.5 Å². The van der Waals surface area contributed by atoms with Gasteiger partial charge in [-0.3, -0.25) is 0 Å². The molecule has 0 bridgehead atoms. The first-order valence-corrected chi connectivity index (χ1v) is 9.14. The fraction of sp³-hybridized carbons (Fsp3) is 0.350. The second-order valence-corrected chi connectivity index (χ2v) is 7.04. The number of aryl methyl sites for hydroxylation is 1. The molecular formula is C20H24N6. The third-order valence-corrected chi connectivity index (χ3v) is 4.83. The Morgan fingerprint density at radius 3 is 2.58 bits per heavy atom. The van der Waals surface area contributed by atoms with Gasteiger partial charge in [0.15, 0.2) is 5.82 Å². The van der Waals surface area contributed by atoms with Crippen LogP contribution in [0.15, 0.2) is 48.9 Å². The lowest BCUT2D eigenvalue weighted by molar-refractivity contribution is 0.438. The summed E-state index contributed by atoms with van der Waals surface area (Å²) in [5.74, 6) is 3.15. The lowest BCUT2D eigenvalue weighted by Gasteiger charge is -2.31. The molecule has 134 valence electrons. The Morgan fingerprint density at radius 2 is 1.88 bits per heavy atom. The molecule has 0 saturated carbocycles. The molecule has 4 rings (SSSR count). The Kier molecular flexibility index (Phi) is 4.56. The molecule has 0 unspecified atom stereocenters. The van der Waals surface area contributed by atoms with Gasteiger partial charge in [-0.2, -0.15) is 5.10 Å². The number of anilines is 3. The number of aromatic nitrogens is 4. The average Bonchev–Trinajstić information content (AvgIpc) is 3.10. The van der Waals surface area contributed by atoms with Crippen LogP contribution in [-0.2, 0) is 0 Å². The van der Waals surface area contributed by atoms with Crippen LogP contribution >= 0.6 is 0 Å². The minimum Gasteiger partial charge on any atom is -0.370 e. The van der Waals surface area contributed by atoms with E-state index in [1.165, 1.54) is 18.5 Å². The third kappa shape index (κ3) is 3.69. The summed E-state index contributed by atoms with van der Waals surface area (Å²) in [4.78, 5) is 11.6. The highest BCUT2D eigenvalue weighted by Gasteiger charge is 2.16. The summed E-state index contributed by atoms with van der Waals surface area (Å²) in [6.07, 6.45) is 8.23. The molecule has 0 amide bonds. The van der Waals surface area contributed by atoms with Crippen molar-refractivity contribution in [2.24, 2.45) is 5.92 Å². The van der Waals surface area contributed by atoms with E-state index >= 15 is 0 Å². The zero-order chi connectivity index (χ0) is 17.9. The van der Waals surface area contributed by atoms with E-state index in [1.807, 2.05) is 49.8 Å². The van der Waals surface area contributed by atoms with E-state index in [1.54, 1.807) is 4.68 Å². The molecule has 1 fully saturated rings. The van der Waals surface area contributed by atoms with Crippen molar-refractivity contribution in [1.29, 1.82) is 0 Å².